The number of hydrogen-bond acceptors (Lipinski definition) is 6. The molecule has 4 rings (SSSR count). The molecule has 29 heavy (non-hydrogen) atoms. The number of ketones is 2. The fourth-order valence-electron chi connectivity index (χ4n) is 7.44. The molecule has 0 radical (unpaired) electrons. The van der Waals surface area contributed by atoms with Crippen LogP contribution in [0.4, 0.5) is 0 Å². The molecular formula is C23H32O6. The van der Waals surface area contributed by atoms with E-state index in [1.165, 1.54) is 6.92 Å². The summed E-state index contributed by atoms with van der Waals surface area (Å²) in [5, 5.41) is 22.8. The normalized spacial score (nSPS) is 46.2. The minimum Gasteiger partial charge on any atom is -0.458 e. The maximum atomic E-state index is 12.9. The summed E-state index contributed by atoms with van der Waals surface area (Å²) in [4.78, 5) is 36.0. The molecule has 6 heteroatoms. The van der Waals surface area contributed by atoms with E-state index in [-0.39, 0.29) is 29.0 Å². The summed E-state index contributed by atoms with van der Waals surface area (Å²) in [5.41, 5.74) is -1.36. The summed E-state index contributed by atoms with van der Waals surface area (Å²) in [6.07, 6.45) is 5.54. The van der Waals surface area contributed by atoms with Gasteiger partial charge >= 0.3 is 5.97 Å². The molecule has 2 N–H and O–H groups in total. The van der Waals surface area contributed by atoms with Crippen LogP contribution in [0, 0.1) is 28.6 Å². The summed E-state index contributed by atoms with van der Waals surface area (Å²) in [5.74, 6) is -0.462. The maximum Gasteiger partial charge on any atom is 0.303 e. The molecule has 0 aromatic heterocycles. The number of carbonyl (C=O) groups is 3. The number of hydrogen-bond donors (Lipinski definition) is 2. The Kier molecular flexibility index (Phi) is 4.82. The van der Waals surface area contributed by atoms with Crippen molar-refractivity contribution in [3.8, 4) is 0 Å². The lowest BCUT2D eigenvalue weighted by atomic mass is 9.45. The van der Waals surface area contributed by atoms with Crippen molar-refractivity contribution in [2.75, 3.05) is 6.61 Å². The van der Waals surface area contributed by atoms with Crippen molar-refractivity contribution in [1.82, 2.24) is 0 Å². The van der Waals surface area contributed by atoms with Crippen LogP contribution in [0.25, 0.3) is 0 Å². The van der Waals surface area contributed by atoms with Crippen LogP contribution in [0.1, 0.15) is 65.7 Å². The van der Waals surface area contributed by atoms with Crippen molar-refractivity contribution < 1.29 is 29.3 Å². The molecule has 0 saturated heterocycles. The van der Waals surface area contributed by atoms with E-state index in [1.54, 1.807) is 6.08 Å². The zero-order valence-corrected chi connectivity index (χ0v) is 17.6. The van der Waals surface area contributed by atoms with Crippen LogP contribution in [0.15, 0.2) is 11.6 Å². The molecule has 0 amide bonds. The summed E-state index contributed by atoms with van der Waals surface area (Å²) >= 11 is 0. The SMILES string of the molecule is CC(=O)OCC(=O)[C@@]1(O)CC[C@@H]2[C@H]3CCC4=CC(=O)CC[C@]4(C)[C@@H]3[C@@H](O)C[C@@]21C. The zero-order valence-electron chi connectivity index (χ0n) is 17.6. The molecule has 3 fully saturated rings. The number of allylic oxidation sites excluding steroid dienone is 1. The lowest BCUT2D eigenvalue weighted by Crippen LogP contribution is -2.62. The number of ether oxygens (including phenoxy) is 1. The van der Waals surface area contributed by atoms with E-state index >= 15 is 0 Å². The lowest BCUT2D eigenvalue weighted by molar-refractivity contribution is -0.184. The topological polar surface area (TPSA) is 101 Å². The molecule has 0 aliphatic heterocycles. The van der Waals surface area contributed by atoms with Crippen molar-refractivity contribution >= 4 is 17.5 Å². The third kappa shape index (κ3) is 2.86. The molecule has 6 nitrogen and oxygen atoms in total. The number of esters is 1. The van der Waals surface area contributed by atoms with Gasteiger partial charge in [0.2, 0.25) is 5.78 Å². The molecule has 3 saturated carbocycles. The standard InChI is InChI=1S/C23H32O6/c1-13(24)29-12-19(27)23(28)9-7-17-16-5-4-14-10-15(25)6-8-21(14,2)20(16)18(26)11-22(17,23)3/h10,16-18,20,26,28H,4-9,11-12H2,1-3H3/t16-,17-,18+,20+,21+,22+,23+/m1/s1. The Morgan fingerprint density at radius 2 is 1.93 bits per heavy atom. The Morgan fingerprint density at radius 3 is 2.62 bits per heavy atom. The number of Topliss-reactive ketones (excluding diaryl/α,β-unsaturated/α-hetero) is 1. The van der Waals surface area contributed by atoms with Crippen molar-refractivity contribution in [3.05, 3.63) is 11.6 Å². The highest BCUT2D eigenvalue weighted by Crippen LogP contribution is 2.67. The van der Waals surface area contributed by atoms with E-state index < -0.39 is 35.5 Å². The van der Waals surface area contributed by atoms with Crippen LogP contribution in [0.2, 0.25) is 0 Å². The highest BCUT2D eigenvalue weighted by Gasteiger charge is 2.68. The molecule has 0 aromatic carbocycles. The van der Waals surface area contributed by atoms with Crippen LogP contribution in [0.5, 0.6) is 0 Å². The van der Waals surface area contributed by atoms with Gasteiger partial charge in [-0.15, -0.1) is 0 Å². The predicted octanol–water partition coefficient (Wildman–Crippen LogP) is 2.35. The zero-order chi connectivity index (χ0) is 21.2. The molecule has 0 unspecified atom stereocenters. The molecule has 160 valence electrons. The third-order valence-corrected chi connectivity index (χ3v) is 8.92. The fraction of sp³-hybridized carbons (Fsp3) is 0.783. The Hall–Kier alpha value is -1.53. The molecule has 4 aliphatic carbocycles. The smallest absolute Gasteiger partial charge is 0.303 e. The van der Waals surface area contributed by atoms with Gasteiger partial charge in [0.05, 0.1) is 6.10 Å². The van der Waals surface area contributed by atoms with Crippen LogP contribution in [-0.2, 0) is 19.1 Å². The van der Waals surface area contributed by atoms with Gasteiger partial charge in [0.1, 0.15) is 5.60 Å². The molecule has 7 atom stereocenters. The van der Waals surface area contributed by atoms with Gasteiger partial charge in [0.25, 0.3) is 0 Å². The highest BCUT2D eigenvalue weighted by atomic mass is 16.5. The minimum atomic E-state index is -1.58. The first kappa shape index (κ1) is 20.7. The number of aliphatic hydroxyl groups excluding tert-OH is 1. The fourth-order valence-corrected chi connectivity index (χ4v) is 7.44. The second-order valence-electron chi connectivity index (χ2n) is 10.2. The van der Waals surface area contributed by atoms with Gasteiger partial charge in [-0.1, -0.05) is 19.4 Å². The van der Waals surface area contributed by atoms with Crippen molar-refractivity contribution in [2.24, 2.45) is 28.6 Å². The predicted molar refractivity (Wildman–Crippen MR) is 105 cm³/mol. The number of rotatable bonds is 3. The Bertz CT molecular complexity index is 786. The van der Waals surface area contributed by atoms with Gasteiger partial charge in [0.15, 0.2) is 12.4 Å². The van der Waals surface area contributed by atoms with Gasteiger partial charge in [-0.25, -0.2) is 0 Å². The first-order valence-corrected chi connectivity index (χ1v) is 10.8. The quantitative estimate of drug-likeness (QED) is 0.701. The average Bonchev–Trinajstić information content (AvgIpc) is 2.91. The molecule has 0 bridgehead atoms. The molecule has 0 aromatic rings. The Balaban J connectivity index is 1.65. The summed E-state index contributed by atoms with van der Waals surface area (Å²) in [6.45, 7) is 4.92. The van der Waals surface area contributed by atoms with Crippen molar-refractivity contribution in [3.63, 3.8) is 0 Å². The maximum absolute atomic E-state index is 12.9. The van der Waals surface area contributed by atoms with E-state index in [4.69, 9.17) is 4.74 Å². The van der Waals surface area contributed by atoms with E-state index in [1.807, 2.05) is 6.92 Å². The van der Waals surface area contributed by atoms with E-state index in [0.717, 1.165) is 31.3 Å². The Morgan fingerprint density at radius 1 is 1.21 bits per heavy atom. The number of aliphatic hydroxyl groups is 2. The Labute approximate surface area is 171 Å². The summed E-state index contributed by atoms with van der Waals surface area (Å²) in [6, 6.07) is 0. The van der Waals surface area contributed by atoms with Gasteiger partial charge in [0, 0.05) is 18.8 Å². The largest absolute Gasteiger partial charge is 0.458 e. The van der Waals surface area contributed by atoms with Crippen LogP contribution in [-0.4, -0.2) is 46.1 Å². The van der Waals surface area contributed by atoms with E-state index in [0.29, 0.717) is 19.3 Å². The minimum absolute atomic E-state index is 0.0413. The molecular weight excluding hydrogens is 372 g/mol. The van der Waals surface area contributed by atoms with Crippen molar-refractivity contribution in [1.29, 1.82) is 0 Å². The second kappa shape index (κ2) is 6.74. The number of fused-ring (bicyclic) bond motifs is 5. The first-order chi connectivity index (χ1) is 13.5. The number of carbonyl (C=O) groups excluding carboxylic acids is 3. The van der Waals surface area contributed by atoms with Crippen molar-refractivity contribution in [2.45, 2.75) is 77.4 Å². The van der Waals surface area contributed by atoms with Crippen LogP contribution in [0.3, 0.4) is 0 Å². The third-order valence-electron chi connectivity index (χ3n) is 8.92. The summed E-state index contributed by atoms with van der Waals surface area (Å²) < 4.78 is 4.89. The lowest BCUT2D eigenvalue weighted by Gasteiger charge is -2.60. The average molecular weight is 405 g/mol. The second-order valence-corrected chi connectivity index (χ2v) is 10.2. The van der Waals surface area contributed by atoms with Gasteiger partial charge < -0.3 is 14.9 Å². The van der Waals surface area contributed by atoms with Gasteiger partial charge in [-0.2, -0.15) is 0 Å². The summed E-state index contributed by atoms with van der Waals surface area (Å²) in [7, 11) is 0. The van der Waals surface area contributed by atoms with Crippen LogP contribution >= 0.6 is 0 Å². The monoisotopic (exact) mass is 404 g/mol. The highest BCUT2D eigenvalue weighted by molar-refractivity contribution is 5.92. The van der Waals surface area contributed by atoms with Crippen LogP contribution < -0.4 is 0 Å². The van der Waals surface area contributed by atoms with E-state index in [2.05, 4.69) is 6.92 Å². The molecule has 0 heterocycles. The van der Waals surface area contributed by atoms with Gasteiger partial charge in [-0.3, -0.25) is 14.4 Å². The molecule has 4 aliphatic rings. The first-order valence-electron chi connectivity index (χ1n) is 10.8. The van der Waals surface area contributed by atoms with Gasteiger partial charge in [-0.05, 0) is 67.8 Å². The van der Waals surface area contributed by atoms with E-state index in [9.17, 15) is 24.6 Å². The molecule has 0 spiro atoms.